The molecular weight excluding hydrogens is 797 g/mol. The van der Waals surface area contributed by atoms with Crippen LogP contribution < -0.4 is 18.9 Å². The summed E-state index contributed by atoms with van der Waals surface area (Å²) in [6.07, 6.45) is 8.52. The molecule has 5 aliphatic rings. The molecule has 2 aromatic rings. The fraction of sp³-hybridized carbons (Fsp3) is 0.625. The number of piperidine rings is 2. The summed E-state index contributed by atoms with van der Waals surface area (Å²) in [6, 6.07) is 11.9. The molecule has 2 aromatic carbocycles. The Morgan fingerprint density at radius 1 is 0.468 bits per heavy atom. The second kappa shape index (κ2) is 18.9. The smallest absolute Gasteiger partial charge is 0.311 e. The number of quaternary nitrogens is 2. The first-order chi connectivity index (χ1) is 29.7. The zero-order valence-corrected chi connectivity index (χ0v) is 37.2. The Morgan fingerprint density at radius 2 is 0.774 bits per heavy atom. The Labute approximate surface area is 364 Å². The van der Waals surface area contributed by atoms with Crippen molar-refractivity contribution in [2.75, 3.05) is 14.1 Å². The normalized spacial score (nSPS) is 30.7. The van der Waals surface area contributed by atoms with Gasteiger partial charge in [0, 0.05) is 88.2 Å². The minimum absolute atomic E-state index is 0.191. The molecule has 7 rings (SSSR count). The molecule has 4 unspecified atom stereocenters. The van der Waals surface area contributed by atoms with Crippen LogP contribution in [0.3, 0.4) is 0 Å². The lowest BCUT2D eigenvalue weighted by Gasteiger charge is -2.47. The number of hydrogen-bond donors (Lipinski definition) is 0. The lowest BCUT2D eigenvalue weighted by Crippen LogP contribution is -2.59. The van der Waals surface area contributed by atoms with Crippen molar-refractivity contribution in [3.8, 4) is 23.0 Å². The van der Waals surface area contributed by atoms with Gasteiger partial charge in [0.25, 0.3) is 0 Å². The molecule has 4 aliphatic heterocycles. The fourth-order valence-corrected chi connectivity index (χ4v) is 10.9. The summed E-state index contributed by atoms with van der Waals surface area (Å²) in [5.74, 6) is -2.29. The van der Waals surface area contributed by atoms with Gasteiger partial charge in [-0.3, -0.25) is 28.8 Å². The second-order valence-corrected chi connectivity index (χ2v) is 18.5. The highest BCUT2D eigenvalue weighted by atomic mass is 16.6. The van der Waals surface area contributed by atoms with Gasteiger partial charge in [0.05, 0.1) is 50.1 Å². The number of carbonyl (C=O) groups is 6. The van der Waals surface area contributed by atoms with Crippen molar-refractivity contribution in [3.05, 3.63) is 47.5 Å². The molecule has 4 bridgehead atoms. The quantitative estimate of drug-likeness (QED) is 0.0965. The molecule has 10 atom stereocenters. The third kappa shape index (κ3) is 9.56. The Balaban J connectivity index is 0.920. The van der Waals surface area contributed by atoms with Gasteiger partial charge in [-0.15, -0.1) is 0 Å². The van der Waals surface area contributed by atoms with E-state index >= 15 is 0 Å². The van der Waals surface area contributed by atoms with Crippen LogP contribution in [0.4, 0.5) is 0 Å². The van der Waals surface area contributed by atoms with Crippen LogP contribution in [0.15, 0.2) is 36.4 Å². The number of esters is 6. The molecule has 4 saturated heterocycles. The third-order valence-corrected chi connectivity index (χ3v) is 14.7. The van der Waals surface area contributed by atoms with Crippen LogP contribution in [-0.2, 0) is 51.3 Å². The van der Waals surface area contributed by atoms with E-state index in [1.165, 1.54) is 0 Å². The van der Waals surface area contributed by atoms with E-state index in [1.54, 1.807) is 52.0 Å². The van der Waals surface area contributed by atoms with Gasteiger partial charge in [0.1, 0.15) is 25.3 Å². The topological polar surface area (TPSA) is 158 Å². The Kier molecular flexibility index (Phi) is 13.8. The molecule has 0 N–H and O–H groups in total. The van der Waals surface area contributed by atoms with E-state index in [9.17, 15) is 28.8 Å². The minimum atomic E-state index is -0.496. The zero-order chi connectivity index (χ0) is 44.3. The minimum Gasteiger partial charge on any atom is -0.462 e. The van der Waals surface area contributed by atoms with Gasteiger partial charge in [-0.25, -0.2) is 0 Å². The largest absolute Gasteiger partial charge is 0.462 e. The Morgan fingerprint density at radius 3 is 1.06 bits per heavy atom. The van der Waals surface area contributed by atoms with Crippen LogP contribution in [-0.4, -0.2) is 95.3 Å². The summed E-state index contributed by atoms with van der Waals surface area (Å²) in [4.78, 5) is 75.9. The van der Waals surface area contributed by atoms with Gasteiger partial charge in [0.15, 0.2) is 23.0 Å². The third-order valence-electron chi connectivity index (χ3n) is 14.7. The van der Waals surface area contributed by atoms with Crippen molar-refractivity contribution in [2.24, 2.45) is 11.8 Å². The summed E-state index contributed by atoms with van der Waals surface area (Å²) in [6.45, 7) is 8.22. The van der Waals surface area contributed by atoms with E-state index in [-0.39, 0.29) is 97.0 Å². The molecule has 14 heteroatoms. The molecule has 1 aliphatic carbocycles. The molecular formula is C48H64N2O12+2. The van der Waals surface area contributed by atoms with Crippen molar-refractivity contribution in [1.29, 1.82) is 0 Å². The average Bonchev–Trinajstić information content (AvgIpc) is 3.45. The van der Waals surface area contributed by atoms with Gasteiger partial charge < -0.3 is 37.4 Å². The van der Waals surface area contributed by atoms with Gasteiger partial charge in [-0.1, -0.05) is 27.7 Å². The van der Waals surface area contributed by atoms with Crippen molar-refractivity contribution < 1.29 is 66.2 Å². The maximum atomic E-state index is 13.7. The molecule has 336 valence electrons. The molecule has 0 amide bonds. The van der Waals surface area contributed by atoms with Gasteiger partial charge in [-0.2, -0.15) is 0 Å². The van der Waals surface area contributed by atoms with Gasteiger partial charge >= 0.3 is 35.8 Å². The van der Waals surface area contributed by atoms with Gasteiger partial charge in [-0.05, 0) is 49.2 Å². The molecule has 14 nitrogen and oxygen atoms in total. The van der Waals surface area contributed by atoms with E-state index in [0.717, 1.165) is 71.5 Å². The highest BCUT2D eigenvalue weighted by Crippen LogP contribution is 2.47. The standard InChI is InChI=1S/C48H64N2O12/c1-7-43(51)59-39-19-11-29(21-41(39)61-45(53)9-3)27-49(5)31-13-14-32(49)24-35(23-31)57-47(55)37-17-18-38(37)48(56)58-36-25-33-15-16-34(26-36)50(33,6)28-30-12-20-40(60-44(52)8-2)42(22-30)62-46(54)10-4/h11-12,19-22,31-38H,7-10,13-18,23-28H2,1-6H3/q+2/t31-,32+,33-,34+,35+,36+,37?,38?,49?,50?. The van der Waals surface area contributed by atoms with Gasteiger partial charge in [0.2, 0.25) is 0 Å². The molecule has 62 heavy (non-hydrogen) atoms. The fourth-order valence-electron chi connectivity index (χ4n) is 10.9. The van der Waals surface area contributed by atoms with E-state index in [4.69, 9.17) is 28.4 Å². The SMILES string of the molecule is CCC(=O)Oc1ccc(C[N+]2(C)[C@@H]3CC[C@H]2C[C@@H](OC(=O)C2CCC2C(=O)O[C@H]2C[C@H]4CC[C@@H](C2)[N+]4(C)Cc2ccc(OC(=O)CC)c(OC(=O)CC)c2)C3)cc1OC(=O)CC. The predicted molar refractivity (Wildman–Crippen MR) is 224 cm³/mol. The van der Waals surface area contributed by atoms with E-state index in [1.807, 2.05) is 12.1 Å². The number of ether oxygens (including phenoxy) is 6. The maximum Gasteiger partial charge on any atom is 0.311 e. The van der Waals surface area contributed by atoms with Crippen LogP contribution in [0.25, 0.3) is 0 Å². The van der Waals surface area contributed by atoms with Crippen molar-refractivity contribution >= 4 is 35.8 Å². The first kappa shape index (κ1) is 45.2. The average molecular weight is 861 g/mol. The zero-order valence-electron chi connectivity index (χ0n) is 37.2. The molecule has 0 spiro atoms. The molecule has 0 radical (unpaired) electrons. The van der Waals surface area contributed by atoms with Crippen molar-refractivity contribution in [3.63, 3.8) is 0 Å². The van der Waals surface area contributed by atoms with Crippen LogP contribution in [0, 0.1) is 11.8 Å². The lowest BCUT2D eigenvalue weighted by molar-refractivity contribution is -0.961. The highest BCUT2D eigenvalue weighted by molar-refractivity contribution is 5.84. The maximum absolute atomic E-state index is 13.7. The molecule has 5 fully saturated rings. The highest BCUT2D eigenvalue weighted by Gasteiger charge is 2.55. The number of nitrogens with zero attached hydrogens (tertiary/aromatic N) is 2. The van der Waals surface area contributed by atoms with Crippen LogP contribution in [0.5, 0.6) is 23.0 Å². The Hall–Kier alpha value is -4.82. The van der Waals surface area contributed by atoms with E-state index in [2.05, 4.69) is 14.1 Å². The number of carbonyl (C=O) groups excluding carboxylic acids is 6. The number of fused-ring (bicyclic) bond motifs is 4. The molecule has 4 heterocycles. The first-order valence-corrected chi connectivity index (χ1v) is 22.8. The second-order valence-electron chi connectivity index (χ2n) is 18.5. The lowest BCUT2D eigenvalue weighted by atomic mass is 9.73. The van der Waals surface area contributed by atoms with Crippen LogP contribution >= 0.6 is 0 Å². The van der Waals surface area contributed by atoms with Crippen molar-refractivity contribution in [1.82, 2.24) is 0 Å². The molecule has 1 saturated carbocycles. The monoisotopic (exact) mass is 860 g/mol. The Bertz CT molecular complexity index is 1880. The van der Waals surface area contributed by atoms with E-state index in [0.29, 0.717) is 25.9 Å². The van der Waals surface area contributed by atoms with Crippen molar-refractivity contribution in [2.45, 2.75) is 167 Å². The summed E-state index contributed by atoms with van der Waals surface area (Å²) >= 11 is 0. The summed E-state index contributed by atoms with van der Waals surface area (Å²) < 4.78 is 36.0. The summed E-state index contributed by atoms with van der Waals surface area (Å²) in [5, 5.41) is 0. The number of rotatable bonds is 16. The number of hydrogen-bond acceptors (Lipinski definition) is 12. The summed E-state index contributed by atoms with van der Waals surface area (Å²) in [7, 11) is 4.49. The van der Waals surface area contributed by atoms with Crippen LogP contribution in [0.1, 0.15) is 129 Å². The first-order valence-electron chi connectivity index (χ1n) is 22.8. The number of benzene rings is 2. The summed E-state index contributed by atoms with van der Waals surface area (Å²) in [5.41, 5.74) is 1.93. The van der Waals surface area contributed by atoms with Crippen LogP contribution in [0.2, 0.25) is 0 Å². The molecule has 0 aromatic heterocycles. The van der Waals surface area contributed by atoms with E-state index < -0.39 is 35.7 Å². The predicted octanol–water partition coefficient (Wildman–Crippen LogP) is 7.04.